The number of nitrogens with zero attached hydrogens (tertiary/aromatic N) is 2. The molecule has 2 aromatic rings. The molecule has 0 unspecified atom stereocenters. The number of benzene rings is 1. The number of hydrogen-bond acceptors (Lipinski definition) is 4. The van der Waals surface area contributed by atoms with Crippen LogP contribution in [0.1, 0.15) is 17.4 Å². The number of rotatable bonds is 4. The van der Waals surface area contributed by atoms with Crippen molar-refractivity contribution in [3.63, 3.8) is 0 Å². The Bertz CT molecular complexity index is 603. The predicted octanol–water partition coefficient (Wildman–Crippen LogP) is 2.69. The van der Waals surface area contributed by atoms with Gasteiger partial charge in [-0.2, -0.15) is 0 Å². The summed E-state index contributed by atoms with van der Waals surface area (Å²) < 4.78 is 0. The normalized spacial score (nSPS) is 10.2. The minimum atomic E-state index is -0.263. The number of nitrogen functional groups attached to an aromatic ring is 1. The van der Waals surface area contributed by atoms with E-state index in [1.807, 2.05) is 37.3 Å². The molecule has 0 aliphatic carbocycles. The zero-order chi connectivity index (χ0) is 14.5. The van der Waals surface area contributed by atoms with Gasteiger partial charge in [-0.25, -0.2) is 10.8 Å². The molecule has 1 aromatic carbocycles. The molecule has 6 heteroatoms. The number of carbonyl (C=O) groups is 1. The summed E-state index contributed by atoms with van der Waals surface area (Å²) in [5.74, 6) is 5.44. The maximum atomic E-state index is 12.6. The van der Waals surface area contributed by atoms with Crippen molar-refractivity contribution in [1.29, 1.82) is 0 Å². The average molecular weight is 291 g/mol. The Morgan fingerprint density at radius 1 is 1.30 bits per heavy atom. The number of pyridine rings is 1. The third-order valence-corrected chi connectivity index (χ3v) is 3.13. The zero-order valence-corrected chi connectivity index (χ0v) is 11.8. The topological polar surface area (TPSA) is 71.2 Å². The first-order chi connectivity index (χ1) is 9.67. The molecule has 0 saturated heterocycles. The van der Waals surface area contributed by atoms with Crippen LogP contribution < -0.4 is 16.2 Å². The lowest BCUT2D eigenvalue weighted by atomic mass is 10.2. The van der Waals surface area contributed by atoms with Crippen LogP contribution in [0.3, 0.4) is 0 Å². The fraction of sp³-hybridized carbons (Fsp3) is 0.143. The van der Waals surface area contributed by atoms with E-state index in [0.29, 0.717) is 17.4 Å². The number of nitrogens with two attached hydrogens (primary N) is 1. The Morgan fingerprint density at radius 2 is 2.00 bits per heavy atom. The molecule has 0 atom stereocenters. The number of hydrogen-bond donors (Lipinski definition) is 2. The second-order valence-corrected chi connectivity index (χ2v) is 4.46. The Morgan fingerprint density at radius 3 is 2.60 bits per heavy atom. The molecular weight excluding hydrogens is 276 g/mol. The maximum absolute atomic E-state index is 12.6. The van der Waals surface area contributed by atoms with Crippen LogP contribution >= 0.6 is 11.6 Å². The van der Waals surface area contributed by atoms with Gasteiger partial charge in [0.15, 0.2) is 0 Å². The summed E-state index contributed by atoms with van der Waals surface area (Å²) in [5, 5.41) is 0.295. The number of carbonyl (C=O) groups excluding carboxylic acids is 1. The standard InChI is InChI=1S/C14H15ClN4O/c1-2-19(10-6-4-3-5-7-10)14(20)13-11(15)8-9-12(17-13)18-16/h3-9H,2,16H2,1H3,(H,17,18). The Hall–Kier alpha value is -2.11. The Kier molecular flexibility index (Phi) is 4.55. The highest BCUT2D eigenvalue weighted by Gasteiger charge is 2.20. The molecule has 0 bridgehead atoms. The van der Waals surface area contributed by atoms with E-state index in [2.05, 4.69) is 10.4 Å². The number of nitrogens with one attached hydrogen (secondary N) is 1. The lowest BCUT2D eigenvalue weighted by molar-refractivity contribution is 0.0984. The van der Waals surface area contributed by atoms with E-state index in [9.17, 15) is 4.79 Å². The van der Waals surface area contributed by atoms with Crippen LogP contribution in [0, 0.1) is 0 Å². The lowest BCUT2D eigenvalue weighted by Crippen LogP contribution is -2.31. The van der Waals surface area contributed by atoms with Gasteiger partial charge in [0.25, 0.3) is 5.91 Å². The maximum Gasteiger partial charge on any atom is 0.278 e. The van der Waals surface area contributed by atoms with Gasteiger partial charge in [0.05, 0.1) is 5.02 Å². The second kappa shape index (κ2) is 6.36. The fourth-order valence-corrected chi connectivity index (χ4v) is 2.04. The molecule has 1 heterocycles. The van der Waals surface area contributed by atoms with Crippen molar-refractivity contribution in [2.24, 2.45) is 5.84 Å². The van der Waals surface area contributed by atoms with Gasteiger partial charge in [0.2, 0.25) is 0 Å². The SMILES string of the molecule is CCN(C(=O)c1nc(NN)ccc1Cl)c1ccccc1. The molecule has 5 nitrogen and oxygen atoms in total. The molecule has 3 N–H and O–H groups in total. The first kappa shape index (κ1) is 14.3. The number of hydrazine groups is 1. The summed E-state index contributed by atoms with van der Waals surface area (Å²) in [6, 6.07) is 12.6. The van der Waals surface area contributed by atoms with Crippen molar-refractivity contribution in [2.75, 3.05) is 16.9 Å². The van der Waals surface area contributed by atoms with Crippen LogP contribution in [-0.2, 0) is 0 Å². The molecule has 0 radical (unpaired) electrons. The minimum absolute atomic E-state index is 0.174. The van der Waals surface area contributed by atoms with E-state index < -0.39 is 0 Å². The van der Waals surface area contributed by atoms with Crippen molar-refractivity contribution in [2.45, 2.75) is 6.92 Å². The van der Waals surface area contributed by atoms with Crippen LogP contribution in [0.15, 0.2) is 42.5 Å². The summed E-state index contributed by atoms with van der Waals surface area (Å²) >= 11 is 6.06. The van der Waals surface area contributed by atoms with Gasteiger partial charge < -0.3 is 10.3 Å². The molecule has 0 aliphatic heterocycles. The van der Waals surface area contributed by atoms with Crippen LogP contribution in [0.5, 0.6) is 0 Å². The highest BCUT2D eigenvalue weighted by atomic mass is 35.5. The predicted molar refractivity (Wildman–Crippen MR) is 80.8 cm³/mol. The highest BCUT2D eigenvalue weighted by molar-refractivity contribution is 6.34. The van der Waals surface area contributed by atoms with Gasteiger partial charge >= 0.3 is 0 Å². The third-order valence-electron chi connectivity index (χ3n) is 2.83. The van der Waals surface area contributed by atoms with Crippen molar-refractivity contribution in [1.82, 2.24) is 4.98 Å². The molecular formula is C14H15ClN4O. The van der Waals surface area contributed by atoms with Crippen LogP contribution in [0.25, 0.3) is 0 Å². The monoisotopic (exact) mass is 290 g/mol. The molecule has 0 spiro atoms. The van der Waals surface area contributed by atoms with Gasteiger partial charge in [0.1, 0.15) is 11.5 Å². The quantitative estimate of drug-likeness (QED) is 0.671. The van der Waals surface area contributed by atoms with Crippen molar-refractivity contribution in [3.8, 4) is 0 Å². The van der Waals surface area contributed by atoms with E-state index in [0.717, 1.165) is 5.69 Å². The molecule has 104 valence electrons. The summed E-state index contributed by atoms with van der Waals surface area (Å²) in [6.45, 7) is 2.41. The van der Waals surface area contributed by atoms with E-state index in [4.69, 9.17) is 17.4 Å². The zero-order valence-electron chi connectivity index (χ0n) is 11.0. The van der Waals surface area contributed by atoms with Gasteiger partial charge in [-0.05, 0) is 31.2 Å². The van der Waals surface area contributed by atoms with Gasteiger partial charge in [-0.3, -0.25) is 4.79 Å². The average Bonchev–Trinajstić information content (AvgIpc) is 2.49. The van der Waals surface area contributed by atoms with Crippen molar-refractivity contribution in [3.05, 3.63) is 53.2 Å². The Labute approximate surface area is 122 Å². The molecule has 0 fully saturated rings. The molecule has 1 aromatic heterocycles. The van der Waals surface area contributed by atoms with E-state index in [-0.39, 0.29) is 11.6 Å². The lowest BCUT2D eigenvalue weighted by Gasteiger charge is -2.21. The van der Waals surface area contributed by atoms with Crippen LogP contribution in [0.2, 0.25) is 5.02 Å². The van der Waals surface area contributed by atoms with E-state index >= 15 is 0 Å². The Balaban J connectivity index is 2.39. The van der Waals surface area contributed by atoms with Crippen molar-refractivity contribution < 1.29 is 4.79 Å². The number of anilines is 2. The number of halogens is 1. The summed E-state index contributed by atoms with van der Waals surface area (Å²) in [4.78, 5) is 18.3. The molecule has 0 saturated carbocycles. The second-order valence-electron chi connectivity index (χ2n) is 4.06. The molecule has 1 amide bonds. The number of amides is 1. The first-order valence-corrected chi connectivity index (χ1v) is 6.55. The highest BCUT2D eigenvalue weighted by Crippen LogP contribution is 2.21. The summed E-state index contributed by atoms with van der Waals surface area (Å²) in [7, 11) is 0. The van der Waals surface area contributed by atoms with Gasteiger partial charge in [0, 0.05) is 12.2 Å². The smallest absolute Gasteiger partial charge is 0.278 e. The van der Waals surface area contributed by atoms with Crippen LogP contribution in [-0.4, -0.2) is 17.4 Å². The molecule has 20 heavy (non-hydrogen) atoms. The fourth-order valence-electron chi connectivity index (χ4n) is 1.85. The molecule has 2 rings (SSSR count). The van der Waals surface area contributed by atoms with E-state index in [1.54, 1.807) is 17.0 Å². The third kappa shape index (κ3) is 2.89. The first-order valence-electron chi connectivity index (χ1n) is 6.17. The minimum Gasteiger partial charge on any atom is -0.308 e. The van der Waals surface area contributed by atoms with Crippen LogP contribution in [0.4, 0.5) is 11.5 Å². The number of aromatic nitrogens is 1. The molecule has 0 aliphatic rings. The largest absolute Gasteiger partial charge is 0.308 e. The van der Waals surface area contributed by atoms with Gasteiger partial charge in [-0.15, -0.1) is 0 Å². The number of para-hydroxylation sites is 1. The van der Waals surface area contributed by atoms with E-state index in [1.165, 1.54) is 0 Å². The summed E-state index contributed by atoms with van der Waals surface area (Å²) in [6.07, 6.45) is 0. The van der Waals surface area contributed by atoms with Gasteiger partial charge in [-0.1, -0.05) is 29.8 Å². The summed E-state index contributed by atoms with van der Waals surface area (Å²) in [5.41, 5.74) is 3.37. The van der Waals surface area contributed by atoms with Crippen molar-refractivity contribution >= 4 is 29.0 Å².